The zero-order valence-corrected chi connectivity index (χ0v) is 4.36. The van der Waals surface area contributed by atoms with Crippen molar-refractivity contribution in [2.24, 2.45) is 0 Å². The predicted molar refractivity (Wildman–Crippen MR) is 31.2 cm³/mol. The van der Waals surface area contributed by atoms with Crippen molar-refractivity contribution in [2.75, 3.05) is 7.11 Å². The molecule has 0 bridgehead atoms. The Morgan fingerprint density at radius 1 is 1.29 bits per heavy atom. The summed E-state index contributed by atoms with van der Waals surface area (Å²) in [6, 6.07) is 0. The predicted octanol–water partition coefficient (Wildman–Crippen LogP) is 0.840. The first-order chi connectivity index (χ1) is 2.73. The summed E-state index contributed by atoms with van der Waals surface area (Å²) in [7, 11) is 1.00. The lowest BCUT2D eigenvalue weighted by molar-refractivity contribution is -0.114. The first-order valence-corrected chi connectivity index (χ1v) is 1.65. The van der Waals surface area contributed by atoms with Gasteiger partial charge in [0.05, 0.1) is 0 Å². The van der Waals surface area contributed by atoms with Gasteiger partial charge in [0.15, 0.2) is 0 Å². The molecule has 7 heavy (non-hydrogen) atoms. The van der Waals surface area contributed by atoms with Gasteiger partial charge in [-0.15, -0.1) is 0 Å². The third-order valence-electron chi connectivity index (χ3n) is 0. The highest BCUT2D eigenvalue weighted by molar-refractivity contribution is 5.72. The van der Waals surface area contributed by atoms with Gasteiger partial charge in [0, 0.05) is 7.11 Å². The molecule has 0 atom stereocenters. The fraction of sp³-hybridized carbons (Fsp3) is 0.800. The van der Waals surface area contributed by atoms with Crippen LogP contribution in [0.1, 0.15) is 21.3 Å². The summed E-state index contributed by atoms with van der Waals surface area (Å²) < 4.78 is 0. The smallest absolute Gasteiger partial charge is 0.126 e. The quantitative estimate of drug-likeness (QED) is 0.497. The SMILES string of the molecule is C.CC(C)=O.CO. The molecule has 0 unspecified atom stereocenters. The van der Waals surface area contributed by atoms with Gasteiger partial charge in [0.25, 0.3) is 0 Å². The third kappa shape index (κ3) is 542. The van der Waals surface area contributed by atoms with Gasteiger partial charge in [-0.05, 0) is 13.8 Å². The summed E-state index contributed by atoms with van der Waals surface area (Å²) in [5, 5.41) is 7.00. The number of ketones is 1. The van der Waals surface area contributed by atoms with E-state index >= 15 is 0 Å². The molecule has 0 aliphatic heterocycles. The van der Waals surface area contributed by atoms with Crippen LogP contribution in [-0.4, -0.2) is 18.0 Å². The van der Waals surface area contributed by atoms with Crippen molar-refractivity contribution in [2.45, 2.75) is 21.3 Å². The van der Waals surface area contributed by atoms with Gasteiger partial charge in [-0.3, -0.25) is 0 Å². The van der Waals surface area contributed by atoms with E-state index in [1.807, 2.05) is 0 Å². The average Bonchev–Trinajstić information content (AvgIpc) is 1.41. The number of aliphatic hydroxyl groups is 1. The summed E-state index contributed by atoms with van der Waals surface area (Å²) in [4.78, 5) is 9.44. The van der Waals surface area contributed by atoms with E-state index in [4.69, 9.17) is 5.11 Å². The molecule has 46 valence electrons. The number of Topliss-reactive ketones (excluding diaryl/α,β-unsaturated/α-hetero) is 1. The van der Waals surface area contributed by atoms with Crippen LogP contribution in [0.15, 0.2) is 0 Å². The Kier molecular flexibility index (Phi) is 39.8. The highest BCUT2D eigenvalue weighted by Gasteiger charge is 1.62. The highest BCUT2D eigenvalue weighted by atomic mass is 16.2. The monoisotopic (exact) mass is 106 g/mol. The second-order valence-corrected chi connectivity index (χ2v) is 0.908. The van der Waals surface area contributed by atoms with Gasteiger partial charge in [-0.25, -0.2) is 0 Å². The number of hydrogen-bond acceptors (Lipinski definition) is 2. The molecule has 0 fully saturated rings. The minimum Gasteiger partial charge on any atom is -0.400 e. The molecule has 0 rings (SSSR count). The van der Waals surface area contributed by atoms with Crippen LogP contribution in [0.25, 0.3) is 0 Å². The molecule has 0 aromatic carbocycles. The maximum atomic E-state index is 9.44. The molecule has 0 amide bonds. The van der Waals surface area contributed by atoms with Crippen molar-refractivity contribution in [3.63, 3.8) is 0 Å². The lowest BCUT2D eigenvalue weighted by Gasteiger charge is -1.56. The summed E-state index contributed by atoms with van der Waals surface area (Å²) in [5.41, 5.74) is 0. The van der Waals surface area contributed by atoms with Crippen molar-refractivity contribution in [1.29, 1.82) is 0 Å². The van der Waals surface area contributed by atoms with Crippen LogP contribution in [0.3, 0.4) is 0 Å². The molecular weight excluding hydrogens is 92.1 g/mol. The largest absolute Gasteiger partial charge is 0.400 e. The van der Waals surface area contributed by atoms with E-state index in [9.17, 15) is 4.79 Å². The lowest BCUT2D eigenvalue weighted by Crippen LogP contribution is -1.69. The summed E-state index contributed by atoms with van der Waals surface area (Å²) in [6.07, 6.45) is 0. The molecule has 0 spiro atoms. The first-order valence-electron chi connectivity index (χ1n) is 1.65. The molecule has 0 heterocycles. The van der Waals surface area contributed by atoms with E-state index in [1.165, 1.54) is 13.8 Å². The standard InChI is InChI=1S/C3H6O.CH4O.CH4/c1-3(2)4;1-2;/h1-2H3;2H,1H3;1H4. The number of hydrogen-bond donors (Lipinski definition) is 1. The van der Waals surface area contributed by atoms with Crippen LogP contribution in [0.2, 0.25) is 0 Å². The molecule has 2 nitrogen and oxygen atoms in total. The molecule has 0 saturated heterocycles. The molecule has 0 radical (unpaired) electrons. The lowest BCUT2D eigenvalue weighted by atomic mass is 10.6. The van der Waals surface area contributed by atoms with Crippen molar-refractivity contribution in [3.8, 4) is 0 Å². The summed E-state index contributed by atoms with van der Waals surface area (Å²) in [5.74, 6) is 0.167. The van der Waals surface area contributed by atoms with Crippen LogP contribution < -0.4 is 0 Å². The first kappa shape index (κ1) is 15.9. The van der Waals surface area contributed by atoms with Crippen LogP contribution in [0, 0.1) is 0 Å². The molecule has 1 N–H and O–H groups in total. The second-order valence-electron chi connectivity index (χ2n) is 0.908. The van der Waals surface area contributed by atoms with Crippen molar-refractivity contribution >= 4 is 5.78 Å². The zero-order valence-electron chi connectivity index (χ0n) is 4.36. The third-order valence-corrected chi connectivity index (χ3v) is 0. The normalized spacial score (nSPS) is 4.57. The van der Waals surface area contributed by atoms with E-state index in [0.29, 0.717) is 0 Å². The van der Waals surface area contributed by atoms with Crippen molar-refractivity contribution < 1.29 is 9.90 Å². The Morgan fingerprint density at radius 2 is 1.29 bits per heavy atom. The summed E-state index contributed by atoms with van der Waals surface area (Å²) >= 11 is 0. The zero-order chi connectivity index (χ0) is 5.58. The Hall–Kier alpha value is -0.370. The average molecular weight is 106 g/mol. The number of carbonyl (C=O) groups is 1. The Bertz CT molecular complexity index is 29.1. The fourth-order valence-corrected chi connectivity index (χ4v) is 0. The van der Waals surface area contributed by atoms with Gasteiger partial charge in [0.2, 0.25) is 0 Å². The molecular formula is C5H14O2. The van der Waals surface area contributed by atoms with Gasteiger partial charge in [-0.1, -0.05) is 7.43 Å². The molecule has 0 saturated carbocycles. The van der Waals surface area contributed by atoms with Crippen LogP contribution in [-0.2, 0) is 4.79 Å². The highest BCUT2D eigenvalue weighted by Crippen LogP contribution is 1.50. The van der Waals surface area contributed by atoms with E-state index in [0.717, 1.165) is 7.11 Å². The minimum atomic E-state index is 0. The van der Waals surface area contributed by atoms with Crippen molar-refractivity contribution in [3.05, 3.63) is 0 Å². The van der Waals surface area contributed by atoms with Gasteiger partial charge < -0.3 is 9.90 Å². The maximum Gasteiger partial charge on any atom is 0.126 e. The van der Waals surface area contributed by atoms with Gasteiger partial charge >= 0.3 is 0 Å². The molecule has 0 aromatic rings. The van der Waals surface area contributed by atoms with Gasteiger partial charge in [0.1, 0.15) is 5.78 Å². The molecule has 0 aliphatic carbocycles. The molecule has 0 aromatic heterocycles. The van der Waals surface area contributed by atoms with Crippen LogP contribution in [0.4, 0.5) is 0 Å². The van der Waals surface area contributed by atoms with E-state index < -0.39 is 0 Å². The minimum absolute atomic E-state index is 0. The molecule has 0 aliphatic rings. The maximum absolute atomic E-state index is 9.44. The van der Waals surface area contributed by atoms with Crippen LogP contribution >= 0.6 is 0 Å². The van der Waals surface area contributed by atoms with Crippen LogP contribution in [0.5, 0.6) is 0 Å². The van der Waals surface area contributed by atoms with Crippen molar-refractivity contribution in [1.82, 2.24) is 0 Å². The number of carbonyl (C=O) groups excluding carboxylic acids is 1. The van der Waals surface area contributed by atoms with Gasteiger partial charge in [-0.2, -0.15) is 0 Å². The Morgan fingerprint density at radius 3 is 1.29 bits per heavy atom. The van der Waals surface area contributed by atoms with E-state index in [-0.39, 0.29) is 13.2 Å². The number of aliphatic hydroxyl groups excluding tert-OH is 1. The van der Waals surface area contributed by atoms with E-state index in [2.05, 4.69) is 0 Å². The van der Waals surface area contributed by atoms with E-state index in [1.54, 1.807) is 0 Å². The Balaban J connectivity index is -0.0000000480. The topological polar surface area (TPSA) is 37.3 Å². The fourth-order valence-electron chi connectivity index (χ4n) is 0. The summed E-state index contributed by atoms with van der Waals surface area (Å²) in [6.45, 7) is 3.06. The second kappa shape index (κ2) is 17.4. The Labute approximate surface area is 45.2 Å². The molecule has 2 heteroatoms. The number of rotatable bonds is 0.